The van der Waals surface area contributed by atoms with E-state index in [-0.39, 0.29) is 22.0 Å². The molecular weight excluding hydrogens is 346 g/mol. The fraction of sp³-hybridized carbons (Fsp3) is 0. The first-order chi connectivity index (χ1) is 9.44. The minimum atomic E-state index is -3.88. The maximum absolute atomic E-state index is 12.1. The van der Waals surface area contributed by atoms with Crippen molar-refractivity contribution < 1.29 is 13.5 Å². The van der Waals surface area contributed by atoms with Gasteiger partial charge in [0.25, 0.3) is 10.0 Å². The topological polar surface area (TPSA) is 103 Å². The Morgan fingerprint density at radius 2 is 2.05 bits per heavy atom. The maximum atomic E-state index is 12.1. The quantitative estimate of drug-likeness (QED) is 0.823. The third-order valence-electron chi connectivity index (χ3n) is 2.39. The number of para-hydroxylation sites is 1. The van der Waals surface area contributed by atoms with Crippen LogP contribution < -0.4 is 4.72 Å². The average Bonchev–Trinajstić information content (AvgIpc) is 2.44. The van der Waals surface area contributed by atoms with E-state index >= 15 is 0 Å². The molecule has 1 heterocycles. The average molecular weight is 354 g/mol. The Morgan fingerprint density at radius 1 is 1.30 bits per heavy atom. The molecule has 0 spiro atoms. The summed E-state index contributed by atoms with van der Waals surface area (Å²) in [5.41, 5.74) is 0.165. The SMILES string of the molecule is N#Cc1ccc(S(=O)(=O)Nc2cccc(Br)c2O)cn1. The summed E-state index contributed by atoms with van der Waals surface area (Å²) in [6.45, 7) is 0. The number of aromatic hydroxyl groups is 1. The predicted molar refractivity (Wildman–Crippen MR) is 75.6 cm³/mol. The first-order valence-corrected chi connectivity index (χ1v) is 7.58. The molecule has 2 rings (SSSR count). The Morgan fingerprint density at radius 3 is 2.65 bits per heavy atom. The first kappa shape index (κ1) is 14.3. The van der Waals surface area contributed by atoms with Crippen molar-refractivity contribution in [1.82, 2.24) is 4.98 Å². The van der Waals surface area contributed by atoms with E-state index in [1.54, 1.807) is 18.2 Å². The summed E-state index contributed by atoms with van der Waals surface area (Å²) in [6, 6.07) is 8.95. The van der Waals surface area contributed by atoms with Crippen molar-refractivity contribution in [2.45, 2.75) is 4.90 Å². The lowest BCUT2D eigenvalue weighted by Crippen LogP contribution is -2.13. The number of phenols is 1. The molecule has 0 aliphatic heterocycles. The lowest BCUT2D eigenvalue weighted by atomic mass is 10.3. The van der Waals surface area contributed by atoms with Crippen LogP contribution in [0.1, 0.15) is 5.69 Å². The number of halogens is 1. The molecule has 20 heavy (non-hydrogen) atoms. The molecule has 0 saturated carbocycles. The summed E-state index contributed by atoms with van der Waals surface area (Å²) < 4.78 is 26.8. The van der Waals surface area contributed by atoms with E-state index in [1.807, 2.05) is 0 Å². The summed E-state index contributed by atoms with van der Waals surface area (Å²) >= 11 is 3.10. The number of anilines is 1. The standard InChI is InChI=1S/C12H8BrN3O3S/c13-10-2-1-3-11(12(10)17)16-20(18,19)9-5-4-8(6-14)15-7-9/h1-5,7,16-17H. The van der Waals surface area contributed by atoms with Crippen LogP contribution >= 0.6 is 15.9 Å². The first-order valence-electron chi connectivity index (χ1n) is 5.30. The maximum Gasteiger partial charge on any atom is 0.263 e. The van der Waals surface area contributed by atoms with Crippen molar-refractivity contribution in [3.05, 3.63) is 46.7 Å². The molecule has 102 valence electrons. The van der Waals surface area contributed by atoms with Crippen LogP contribution in [-0.2, 0) is 10.0 Å². The molecule has 0 fully saturated rings. The van der Waals surface area contributed by atoms with Gasteiger partial charge in [0.05, 0.1) is 10.2 Å². The summed E-state index contributed by atoms with van der Waals surface area (Å²) in [5.74, 6) is -0.210. The molecular formula is C12H8BrN3O3S. The van der Waals surface area contributed by atoms with Crippen molar-refractivity contribution in [3.63, 3.8) is 0 Å². The number of benzene rings is 1. The van der Waals surface area contributed by atoms with Gasteiger partial charge in [0.15, 0.2) is 5.75 Å². The van der Waals surface area contributed by atoms with Gasteiger partial charge in [-0.25, -0.2) is 13.4 Å². The smallest absolute Gasteiger partial charge is 0.263 e. The third kappa shape index (κ3) is 2.89. The number of hydrogen-bond acceptors (Lipinski definition) is 5. The van der Waals surface area contributed by atoms with Gasteiger partial charge in [-0.2, -0.15) is 5.26 Å². The predicted octanol–water partition coefficient (Wildman–Crippen LogP) is 2.22. The number of nitrogens with zero attached hydrogens (tertiary/aromatic N) is 2. The lowest BCUT2D eigenvalue weighted by molar-refractivity contribution is 0.474. The van der Waals surface area contributed by atoms with E-state index in [2.05, 4.69) is 25.6 Å². The molecule has 1 aromatic carbocycles. The summed E-state index contributed by atoms with van der Waals surface area (Å²) in [7, 11) is -3.88. The van der Waals surface area contributed by atoms with Crippen LogP contribution in [0.4, 0.5) is 5.69 Å². The number of phenolic OH excluding ortho intramolecular Hbond substituents is 1. The minimum absolute atomic E-state index is 0.0451. The van der Waals surface area contributed by atoms with Crippen LogP contribution in [0.25, 0.3) is 0 Å². The highest BCUT2D eigenvalue weighted by Gasteiger charge is 2.17. The van der Waals surface area contributed by atoms with Crippen LogP contribution in [0.2, 0.25) is 0 Å². The molecule has 0 unspecified atom stereocenters. The monoisotopic (exact) mass is 353 g/mol. The molecule has 1 aromatic heterocycles. The molecule has 0 amide bonds. The number of rotatable bonds is 3. The largest absolute Gasteiger partial charge is 0.505 e. The van der Waals surface area contributed by atoms with Crippen LogP contribution in [-0.4, -0.2) is 18.5 Å². The van der Waals surface area contributed by atoms with Crippen molar-refractivity contribution in [3.8, 4) is 11.8 Å². The van der Waals surface area contributed by atoms with Crippen LogP contribution in [0, 0.1) is 11.3 Å². The highest BCUT2D eigenvalue weighted by atomic mass is 79.9. The zero-order valence-corrected chi connectivity index (χ0v) is 12.3. The van der Waals surface area contributed by atoms with E-state index < -0.39 is 10.0 Å². The number of aromatic nitrogens is 1. The van der Waals surface area contributed by atoms with Crippen LogP contribution in [0.5, 0.6) is 5.75 Å². The summed E-state index contributed by atoms with van der Waals surface area (Å²) in [4.78, 5) is 3.59. The van der Waals surface area contributed by atoms with E-state index in [9.17, 15) is 13.5 Å². The number of nitrogens with one attached hydrogen (secondary N) is 1. The van der Waals surface area contributed by atoms with Crippen LogP contribution in [0.15, 0.2) is 45.9 Å². The van der Waals surface area contributed by atoms with Gasteiger partial charge < -0.3 is 5.11 Å². The van der Waals surface area contributed by atoms with Crippen molar-refractivity contribution in [2.75, 3.05) is 4.72 Å². The Labute approximate surface area is 123 Å². The number of nitriles is 1. The third-order valence-corrected chi connectivity index (χ3v) is 4.38. The molecule has 0 radical (unpaired) electrons. The zero-order valence-electron chi connectivity index (χ0n) is 9.91. The van der Waals surface area contributed by atoms with E-state index in [4.69, 9.17) is 5.26 Å². The van der Waals surface area contributed by atoms with Gasteiger partial charge in [-0.3, -0.25) is 4.72 Å². The molecule has 2 aromatic rings. The van der Waals surface area contributed by atoms with E-state index in [1.165, 1.54) is 18.2 Å². The molecule has 0 saturated heterocycles. The minimum Gasteiger partial charge on any atom is -0.505 e. The second-order valence-corrected chi connectivity index (χ2v) is 6.27. The number of pyridine rings is 1. The molecule has 0 aliphatic carbocycles. The van der Waals surface area contributed by atoms with Gasteiger partial charge in [0.2, 0.25) is 0 Å². The van der Waals surface area contributed by atoms with E-state index in [0.29, 0.717) is 4.47 Å². The van der Waals surface area contributed by atoms with Crippen LogP contribution in [0.3, 0.4) is 0 Å². The Hall–Kier alpha value is -2.11. The van der Waals surface area contributed by atoms with Gasteiger partial charge >= 0.3 is 0 Å². The van der Waals surface area contributed by atoms with Gasteiger partial charge in [0, 0.05) is 6.20 Å². The molecule has 6 nitrogen and oxygen atoms in total. The van der Waals surface area contributed by atoms with Crippen molar-refractivity contribution in [1.29, 1.82) is 5.26 Å². The van der Waals surface area contributed by atoms with E-state index in [0.717, 1.165) is 6.20 Å². The Balaban J connectivity index is 2.36. The molecule has 2 N–H and O–H groups in total. The molecule has 0 bridgehead atoms. The second kappa shape index (κ2) is 5.48. The normalized spacial score (nSPS) is 10.8. The number of sulfonamides is 1. The fourth-order valence-electron chi connectivity index (χ4n) is 1.41. The molecule has 0 aliphatic rings. The summed E-state index contributed by atoms with van der Waals surface area (Å²) in [5, 5.41) is 18.4. The second-order valence-electron chi connectivity index (χ2n) is 3.73. The molecule has 8 heteroatoms. The van der Waals surface area contributed by atoms with Crippen molar-refractivity contribution in [2.24, 2.45) is 0 Å². The van der Waals surface area contributed by atoms with Gasteiger partial charge in [-0.15, -0.1) is 0 Å². The number of hydrogen-bond donors (Lipinski definition) is 2. The lowest BCUT2D eigenvalue weighted by Gasteiger charge is -2.10. The zero-order chi connectivity index (χ0) is 14.8. The summed E-state index contributed by atoms with van der Waals surface area (Å²) in [6.07, 6.45) is 1.08. The highest BCUT2D eigenvalue weighted by Crippen LogP contribution is 2.32. The highest BCUT2D eigenvalue weighted by molar-refractivity contribution is 9.10. The Bertz CT molecular complexity index is 783. The van der Waals surface area contributed by atoms with Gasteiger partial charge in [-0.1, -0.05) is 6.07 Å². The fourth-order valence-corrected chi connectivity index (χ4v) is 2.78. The Kier molecular flexibility index (Phi) is 3.92. The van der Waals surface area contributed by atoms with Crippen molar-refractivity contribution >= 4 is 31.6 Å². The van der Waals surface area contributed by atoms with Gasteiger partial charge in [-0.05, 0) is 40.2 Å². The molecule has 0 atom stereocenters. The van der Waals surface area contributed by atoms with Gasteiger partial charge in [0.1, 0.15) is 16.7 Å².